The molecule has 0 unspecified atom stereocenters. The fourth-order valence-electron chi connectivity index (χ4n) is 1.19. The van der Waals surface area contributed by atoms with Crippen LogP contribution in [0.4, 0.5) is 0 Å². The van der Waals surface area contributed by atoms with Crippen LogP contribution in [0.3, 0.4) is 0 Å². The summed E-state index contributed by atoms with van der Waals surface area (Å²) >= 11 is 0. The van der Waals surface area contributed by atoms with Gasteiger partial charge in [-0.1, -0.05) is 37.4 Å². The Balaban J connectivity index is -0.000000131. The molecule has 2 radical (unpaired) electrons. The van der Waals surface area contributed by atoms with E-state index in [1.807, 2.05) is 36.4 Å². The van der Waals surface area contributed by atoms with Gasteiger partial charge in [0.05, 0.1) is 6.61 Å². The van der Waals surface area contributed by atoms with Crippen molar-refractivity contribution in [2.45, 2.75) is 6.61 Å². The first-order valence-corrected chi connectivity index (χ1v) is 5.87. The molecule has 24 heavy (non-hydrogen) atoms. The minimum Gasteiger partial charge on any atom is -0.465 e. The van der Waals surface area contributed by atoms with Gasteiger partial charge >= 0.3 is 6.15 Å². The Labute approximate surface area is 193 Å². The zero-order valence-electron chi connectivity index (χ0n) is 13.6. The zero-order chi connectivity index (χ0) is 15.9. The summed E-state index contributed by atoms with van der Waals surface area (Å²) in [6.45, 7) is 8.25. The molecule has 0 aliphatic heterocycles. The van der Waals surface area contributed by atoms with Crippen molar-refractivity contribution in [2.75, 3.05) is 0 Å². The van der Waals surface area contributed by atoms with Gasteiger partial charge in [0.2, 0.25) is 0 Å². The van der Waals surface area contributed by atoms with Crippen molar-refractivity contribution in [1.82, 2.24) is 0 Å². The van der Waals surface area contributed by atoms with E-state index in [2.05, 4.69) is 24.0 Å². The Hall–Kier alpha value is -0.762. The molecule has 0 saturated heterocycles. The summed E-state index contributed by atoms with van der Waals surface area (Å²) < 4.78 is 4.53. The fraction of sp³-hybridized carbons (Fsp3) is 0.0556. The van der Waals surface area contributed by atoms with Gasteiger partial charge in [0.25, 0.3) is 6.47 Å². The molecule has 2 aromatic carbocycles. The van der Waals surface area contributed by atoms with Crippen LogP contribution in [-0.4, -0.2) is 12.6 Å². The number of carbonyl (C=O) groups is 1. The maximum atomic E-state index is 9.75. The van der Waals surface area contributed by atoms with Gasteiger partial charge in [-0.3, -0.25) is 4.79 Å². The van der Waals surface area contributed by atoms with E-state index in [1.165, 1.54) is 0 Å². The molecule has 0 heterocycles. The molecule has 122 valence electrons. The van der Waals surface area contributed by atoms with Gasteiger partial charge in [0.1, 0.15) is 0 Å². The molecule has 0 saturated carbocycles. The molecular weight excluding hydrogens is 458 g/mol. The first-order chi connectivity index (χ1) is 10.1. The third-order valence-electron chi connectivity index (χ3n) is 2.13. The van der Waals surface area contributed by atoms with Gasteiger partial charge < -0.3 is 12.2 Å². The van der Waals surface area contributed by atoms with Gasteiger partial charge in [-0.2, -0.15) is 39.9 Å². The van der Waals surface area contributed by atoms with E-state index in [0.29, 0.717) is 13.1 Å². The van der Waals surface area contributed by atoms with Crippen LogP contribution >= 0.6 is 0 Å². The smallest absolute Gasteiger partial charge is 0.373 e. The third kappa shape index (κ3) is 19.3. The molecule has 2 aromatic rings. The fourth-order valence-corrected chi connectivity index (χ4v) is 1.19. The average molecular weight is 476 g/mol. The molecule has 0 bridgehead atoms. The normalized spacial score (nSPS) is 7.00. The summed E-state index contributed by atoms with van der Waals surface area (Å²) in [5.41, 5.74) is 0.978. The van der Waals surface area contributed by atoms with Crippen LogP contribution < -0.4 is 10.4 Å². The van der Waals surface area contributed by atoms with Crippen LogP contribution in [-0.2, 0) is 91.1 Å². The quantitative estimate of drug-likeness (QED) is 0.499. The number of ether oxygens (including phenoxy) is 1. The van der Waals surface area contributed by atoms with Crippen LogP contribution in [0.1, 0.15) is 5.56 Å². The van der Waals surface area contributed by atoms with Crippen molar-refractivity contribution >= 4 is 25.8 Å². The van der Waals surface area contributed by atoms with E-state index in [0.717, 1.165) is 16.0 Å². The van der Waals surface area contributed by atoms with E-state index in [1.54, 1.807) is 12.1 Å². The molecule has 0 aromatic heterocycles. The molecule has 6 heteroatoms. The second-order valence-corrected chi connectivity index (χ2v) is 3.72. The van der Waals surface area contributed by atoms with E-state index < -0.39 is 0 Å². The molecule has 2 rings (SSSR count). The Morgan fingerprint density at radius 3 is 1.67 bits per heavy atom. The zero-order valence-corrected chi connectivity index (χ0v) is 19.3. The summed E-state index contributed by atoms with van der Waals surface area (Å²) in [7, 11) is 0. The second kappa shape index (κ2) is 22.2. The van der Waals surface area contributed by atoms with E-state index in [-0.39, 0.29) is 79.0 Å². The Morgan fingerprint density at radius 2 is 1.33 bits per heavy atom. The van der Waals surface area contributed by atoms with Gasteiger partial charge in [-0.15, -0.1) is 5.56 Å². The van der Waals surface area contributed by atoms with Crippen molar-refractivity contribution in [2.24, 2.45) is 0 Å². The maximum absolute atomic E-state index is 9.75. The average Bonchev–Trinajstić information content (AvgIpc) is 2.51. The van der Waals surface area contributed by atoms with Crippen LogP contribution in [0, 0.1) is 13.5 Å². The van der Waals surface area contributed by atoms with Crippen LogP contribution in [0.2, 0.25) is 0 Å². The second-order valence-electron chi connectivity index (χ2n) is 3.72. The number of benzene rings is 2. The molecule has 0 fully saturated rings. The molecule has 0 aliphatic rings. The van der Waals surface area contributed by atoms with Crippen LogP contribution in [0.25, 0.3) is 13.2 Å². The minimum atomic E-state index is 0. The molecule has 0 spiro atoms. The van der Waals surface area contributed by atoms with E-state index in [4.69, 9.17) is 9.59 Å². The van der Waals surface area contributed by atoms with E-state index in [9.17, 15) is 4.79 Å². The molecule has 0 aliphatic carbocycles. The van der Waals surface area contributed by atoms with Crippen molar-refractivity contribution in [3.8, 4) is 0 Å². The summed E-state index contributed by atoms with van der Waals surface area (Å²) in [6, 6.07) is 17.9. The van der Waals surface area contributed by atoms with Gasteiger partial charge in [0.15, 0.2) is 0 Å². The van der Waals surface area contributed by atoms with Crippen molar-refractivity contribution in [1.29, 1.82) is 0 Å². The van der Waals surface area contributed by atoms with Crippen molar-refractivity contribution < 1.29 is 84.5 Å². The Kier molecular flexibility index (Phi) is 28.8. The number of hydrogen-bond acceptors (Lipinski definition) is 4. The topological polar surface area (TPSA) is 60.4 Å². The van der Waals surface area contributed by atoms with Crippen LogP contribution in [0.15, 0.2) is 48.5 Å². The number of carbonyl (C=O) groups excluding carboxylic acids is 3. The SMILES string of the molecule is C=c1ccc(=C)cc1.O=C=O.O=COCc1cc[c-]cc1.[CH3-].[Y].[Y]. The number of rotatable bonds is 3. The molecule has 4 nitrogen and oxygen atoms in total. The first-order valence-electron chi connectivity index (χ1n) is 5.87. The summed E-state index contributed by atoms with van der Waals surface area (Å²) in [4.78, 5) is 26.0. The van der Waals surface area contributed by atoms with Gasteiger partial charge in [0, 0.05) is 65.4 Å². The molecule has 0 N–H and O–H groups in total. The van der Waals surface area contributed by atoms with Gasteiger partial charge in [-0.25, -0.2) is 0 Å². The molecule has 0 amide bonds. The Morgan fingerprint density at radius 1 is 0.958 bits per heavy atom. The Bertz CT molecular complexity index is 602. The summed E-state index contributed by atoms with van der Waals surface area (Å²) in [5, 5.41) is 2.08. The van der Waals surface area contributed by atoms with Crippen LogP contribution in [0.5, 0.6) is 0 Å². The first kappa shape index (κ1) is 31.1. The van der Waals surface area contributed by atoms with Gasteiger partial charge in [-0.05, 0) is 10.4 Å². The monoisotopic (exact) mass is 476 g/mol. The maximum Gasteiger partial charge on any atom is 0.373 e. The van der Waals surface area contributed by atoms with Crippen molar-refractivity contribution in [3.05, 3.63) is 78.0 Å². The predicted molar refractivity (Wildman–Crippen MR) is 84.3 cm³/mol. The minimum absolute atomic E-state index is 0. The van der Waals surface area contributed by atoms with Crippen molar-refractivity contribution in [3.63, 3.8) is 0 Å². The molecule has 0 atom stereocenters. The number of hydrogen-bond donors (Lipinski definition) is 0. The third-order valence-corrected chi connectivity index (χ3v) is 2.13. The van der Waals surface area contributed by atoms with E-state index >= 15 is 0 Å². The predicted octanol–water partition coefficient (Wildman–Crippen LogP) is 1.53. The summed E-state index contributed by atoms with van der Waals surface area (Å²) in [6.07, 6.45) is 0.250. The largest absolute Gasteiger partial charge is 0.465 e. The standard InChI is InChI=1S/C8H7O2.C8H8.CO2.CH3.2Y/c9-7-10-6-8-4-2-1-3-5-8;1-7-3-5-8(2)6-4-7;2-1-3;;;/h2-5,7H,6H2;3-6H,1-2H2;;1H3;;/q-1;;;-1;;. The molecular formula is C18H18O4Y2-2. The summed E-state index contributed by atoms with van der Waals surface area (Å²) in [5.74, 6) is 0.